The Bertz CT molecular complexity index is 546. The van der Waals surface area contributed by atoms with Gasteiger partial charge in [0.15, 0.2) is 0 Å². The standard InChI is InChI=1S/C17H20FN/c1-12-3-6-14(7-4-12)8-10-17(19)15-11-13(2)5-9-16(15)18/h3-7,9,11,17H,8,10,19H2,1-2H3. The molecule has 2 aromatic carbocycles. The third kappa shape index (κ3) is 3.65. The fraction of sp³-hybridized carbons (Fsp3) is 0.294. The van der Waals surface area contributed by atoms with Gasteiger partial charge in [-0.05, 0) is 38.3 Å². The average molecular weight is 257 g/mol. The van der Waals surface area contributed by atoms with Gasteiger partial charge in [-0.3, -0.25) is 0 Å². The van der Waals surface area contributed by atoms with Crippen molar-refractivity contribution in [2.24, 2.45) is 5.73 Å². The fourth-order valence-corrected chi connectivity index (χ4v) is 2.18. The molecule has 0 aliphatic heterocycles. The van der Waals surface area contributed by atoms with Crippen molar-refractivity contribution in [3.8, 4) is 0 Å². The first-order chi connectivity index (χ1) is 9.06. The van der Waals surface area contributed by atoms with E-state index in [4.69, 9.17) is 5.73 Å². The lowest BCUT2D eigenvalue weighted by Crippen LogP contribution is -2.13. The average Bonchev–Trinajstić information content (AvgIpc) is 2.40. The molecule has 0 fully saturated rings. The van der Waals surface area contributed by atoms with Crippen LogP contribution in [0.1, 0.15) is 34.7 Å². The molecule has 0 heterocycles. The third-order valence-electron chi connectivity index (χ3n) is 3.42. The first-order valence-corrected chi connectivity index (χ1v) is 6.63. The summed E-state index contributed by atoms with van der Waals surface area (Å²) in [5.74, 6) is -0.206. The van der Waals surface area contributed by atoms with E-state index in [0.29, 0.717) is 5.56 Å². The highest BCUT2D eigenvalue weighted by atomic mass is 19.1. The van der Waals surface area contributed by atoms with Crippen molar-refractivity contribution in [1.82, 2.24) is 0 Å². The monoisotopic (exact) mass is 257 g/mol. The van der Waals surface area contributed by atoms with E-state index in [-0.39, 0.29) is 11.9 Å². The van der Waals surface area contributed by atoms with Gasteiger partial charge in [0, 0.05) is 11.6 Å². The zero-order chi connectivity index (χ0) is 13.8. The minimum Gasteiger partial charge on any atom is -0.324 e. The molecule has 0 aromatic heterocycles. The molecular formula is C17H20FN. The molecule has 0 saturated carbocycles. The highest BCUT2D eigenvalue weighted by molar-refractivity contribution is 5.27. The zero-order valence-electron chi connectivity index (χ0n) is 11.5. The highest BCUT2D eigenvalue weighted by Gasteiger charge is 2.11. The first kappa shape index (κ1) is 13.8. The van der Waals surface area contributed by atoms with Crippen LogP contribution in [0.5, 0.6) is 0 Å². The summed E-state index contributed by atoms with van der Waals surface area (Å²) in [5.41, 5.74) is 10.3. The molecule has 0 bridgehead atoms. The van der Waals surface area contributed by atoms with E-state index in [9.17, 15) is 4.39 Å². The van der Waals surface area contributed by atoms with Crippen LogP contribution in [0, 0.1) is 19.7 Å². The lowest BCUT2D eigenvalue weighted by molar-refractivity contribution is 0.563. The van der Waals surface area contributed by atoms with E-state index in [2.05, 4.69) is 31.2 Å². The van der Waals surface area contributed by atoms with Gasteiger partial charge in [0.25, 0.3) is 0 Å². The molecule has 0 aliphatic rings. The molecule has 1 atom stereocenters. The summed E-state index contributed by atoms with van der Waals surface area (Å²) in [4.78, 5) is 0. The van der Waals surface area contributed by atoms with Crippen molar-refractivity contribution < 1.29 is 4.39 Å². The minimum atomic E-state index is -0.249. The van der Waals surface area contributed by atoms with E-state index in [0.717, 1.165) is 18.4 Å². The predicted octanol–water partition coefficient (Wildman–Crippen LogP) is 4.08. The molecule has 2 N–H and O–H groups in total. The van der Waals surface area contributed by atoms with Gasteiger partial charge in [0.05, 0.1) is 0 Å². The SMILES string of the molecule is Cc1ccc(CCC(N)c2cc(C)ccc2F)cc1. The number of hydrogen-bond acceptors (Lipinski definition) is 1. The highest BCUT2D eigenvalue weighted by Crippen LogP contribution is 2.21. The topological polar surface area (TPSA) is 26.0 Å². The number of benzene rings is 2. The van der Waals surface area contributed by atoms with E-state index in [1.165, 1.54) is 17.2 Å². The molecule has 19 heavy (non-hydrogen) atoms. The van der Waals surface area contributed by atoms with E-state index >= 15 is 0 Å². The Morgan fingerprint density at radius 3 is 2.32 bits per heavy atom. The molecule has 1 nitrogen and oxygen atoms in total. The number of halogens is 1. The lowest BCUT2D eigenvalue weighted by atomic mass is 9.97. The summed E-state index contributed by atoms with van der Waals surface area (Å²) in [6.07, 6.45) is 1.62. The predicted molar refractivity (Wildman–Crippen MR) is 77.6 cm³/mol. The zero-order valence-corrected chi connectivity index (χ0v) is 11.5. The molecule has 2 heteroatoms. The van der Waals surface area contributed by atoms with Gasteiger partial charge in [0.1, 0.15) is 5.82 Å². The summed E-state index contributed by atoms with van der Waals surface area (Å²) < 4.78 is 13.7. The third-order valence-corrected chi connectivity index (χ3v) is 3.42. The molecule has 0 saturated heterocycles. The van der Waals surface area contributed by atoms with Crippen molar-refractivity contribution >= 4 is 0 Å². The Balaban J connectivity index is 2.03. The molecule has 1 unspecified atom stereocenters. The van der Waals surface area contributed by atoms with Crippen LogP contribution in [0.15, 0.2) is 42.5 Å². The molecule has 0 amide bonds. The first-order valence-electron chi connectivity index (χ1n) is 6.63. The Morgan fingerprint density at radius 2 is 1.63 bits per heavy atom. The number of aryl methyl sites for hydroxylation is 3. The molecule has 100 valence electrons. The normalized spacial score (nSPS) is 12.4. The maximum atomic E-state index is 13.7. The van der Waals surface area contributed by atoms with Gasteiger partial charge >= 0.3 is 0 Å². The van der Waals surface area contributed by atoms with Crippen molar-refractivity contribution in [2.45, 2.75) is 32.7 Å². The van der Waals surface area contributed by atoms with Gasteiger partial charge in [-0.2, -0.15) is 0 Å². The fourth-order valence-electron chi connectivity index (χ4n) is 2.18. The smallest absolute Gasteiger partial charge is 0.127 e. The Labute approximate surface area is 114 Å². The summed E-state index contributed by atoms with van der Waals surface area (Å²) in [7, 11) is 0. The van der Waals surface area contributed by atoms with Crippen LogP contribution >= 0.6 is 0 Å². The van der Waals surface area contributed by atoms with E-state index in [1.54, 1.807) is 6.07 Å². The molecular weight excluding hydrogens is 237 g/mol. The van der Waals surface area contributed by atoms with Crippen molar-refractivity contribution in [3.05, 3.63) is 70.5 Å². The maximum absolute atomic E-state index is 13.7. The molecule has 2 aromatic rings. The Morgan fingerprint density at radius 1 is 1.00 bits per heavy atom. The quantitative estimate of drug-likeness (QED) is 0.877. The minimum absolute atomic E-state index is 0.206. The number of hydrogen-bond donors (Lipinski definition) is 1. The van der Waals surface area contributed by atoms with Crippen LogP contribution in [0.2, 0.25) is 0 Å². The van der Waals surface area contributed by atoms with Gasteiger partial charge in [-0.1, -0.05) is 47.5 Å². The lowest BCUT2D eigenvalue weighted by Gasteiger charge is -2.14. The van der Waals surface area contributed by atoms with Gasteiger partial charge < -0.3 is 5.73 Å². The van der Waals surface area contributed by atoms with Crippen LogP contribution in [0.3, 0.4) is 0 Å². The summed E-state index contributed by atoms with van der Waals surface area (Å²) in [6, 6.07) is 13.3. The van der Waals surface area contributed by atoms with Crippen LogP contribution in [0.4, 0.5) is 4.39 Å². The van der Waals surface area contributed by atoms with Crippen LogP contribution in [-0.4, -0.2) is 0 Å². The van der Waals surface area contributed by atoms with Gasteiger partial charge in [-0.25, -0.2) is 4.39 Å². The van der Waals surface area contributed by atoms with Crippen molar-refractivity contribution in [3.63, 3.8) is 0 Å². The maximum Gasteiger partial charge on any atom is 0.127 e. The second-order valence-electron chi connectivity index (χ2n) is 5.16. The molecule has 2 rings (SSSR count). The number of nitrogens with two attached hydrogens (primary N) is 1. The molecule has 0 spiro atoms. The summed E-state index contributed by atoms with van der Waals surface area (Å²) in [5, 5.41) is 0. The Kier molecular flexibility index (Phi) is 4.33. The van der Waals surface area contributed by atoms with Crippen LogP contribution < -0.4 is 5.73 Å². The van der Waals surface area contributed by atoms with Crippen LogP contribution in [0.25, 0.3) is 0 Å². The summed E-state index contributed by atoms with van der Waals surface area (Å²) in [6.45, 7) is 4.02. The van der Waals surface area contributed by atoms with Gasteiger partial charge in [-0.15, -0.1) is 0 Å². The second kappa shape index (κ2) is 5.98. The molecule has 0 radical (unpaired) electrons. The summed E-state index contributed by atoms with van der Waals surface area (Å²) >= 11 is 0. The van der Waals surface area contributed by atoms with Crippen LogP contribution in [-0.2, 0) is 6.42 Å². The second-order valence-corrected chi connectivity index (χ2v) is 5.16. The number of rotatable bonds is 4. The Hall–Kier alpha value is -1.67. The van der Waals surface area contributed by atoms with Crippen molar-refractivity contribution in [2.75, 3.05) is 0 Å². The van der Waals surface area contributed by atoms with E-state index in [1.807, 2.05) is 13.0 Å². The molecule has 0 aliphatic carbocycles. The van der Waals surface area contributed by atoms with E-state index < -0.39 is 0 Å². The largest absolute Gasteiger partial charge is 0.324 e. The van der Waals surface area contributed by atoms with Gasteiger partial charge in [0.2, 0.25) is 0 Å². The van der Waals surface area contributed by atoms with Crippen molar-refractivity contribution in [1.29, 1.82) is 0 Å².